The van der Waals surface area contributed by atoms with Crippen molar-refractivity contribution in [2.75, 3.05) is 0 Å². The van der Waals surface area contributed by atoms with Gasteiger partial charge in [-0.3, -0.25) is 33.6 Å². The number of carbonyl (C=O) groups is 6. The van der Waals surface area contributed by atoms with Crippen molar-refractivity contribution < 1.29 is 62.0 Å². The molecule has 0 aliphatic rings. The van der Waals surface area contributed by atoms with E-state index >= 15 is 0 Å². The minimum absolute atomic E-state index is 0.143. The number of aliphatic carboxylic acids is 1. The molecule has 0 unspecified atom stereocenters. The largest absolute Gasteiger partial charge is 0.481 e. The molecule has 2 aromatic carbocycles. The van der Waals surface area contributed by atoms with E-state index in [9.17, 15) is 38.7 Å². The monoisotopic (exact) mass is 570 g/mol. The molecular weight excluding hydrogens is 548 g/mol. The first-order valence-corrected chi connectivity index (χ1v) is 11.6. The first kappa shape index (κ1) is 30.0. The Kier molecular flexibility index (Phi) is 8.87. The van der Waals surface area contributed by atoms with Crippen LogP contribution in [0.3, 0.4) is 0 Å². The second-order valence-electron chi connectivity index (χ2n) is 8.39. The number of carboxylic acid groups (broad SMARTS) is 1. The summed E-state index contributed by atoms with van der Waals surface area (Å²) in [6.07, 6.45) is -0.737. The Balaban J connectivity index is 2.49. The molecule has 1 heterocycles. The third kappa shape index (κ3) is 7.32. The lowest BCUT2D eigenvalue weighted by Gasteiger charge is -2.16. The topological polar surface area (TPSA) is 199 Å². The van der Waals surface area contributed by atoms with Crippen LogP contribution in [-0.4, -0.2) is 40.9 Å². The van der Waals surface area contributed by atoms with Crippen LogP contribution in [0.15, 0.2) is 33.5 Å². The van der Waals surface area contributed by atoms with E-state index in [0.29, 0.717) is 0 Å². The van der Waals surface area contributed by atoms with Gasteiger partial charge in [0.2, 0.25) is 11.2 Å². The molecule has 0 aliphatic carbocycles. The fourth-order valence-electron chi connectivity index (χ4n) is 3.71. The summed E-state index contributed by atoms with van der Waals surface area (Å²) in [5, 5.41) is 9.09. The van der Waals surface area contributed by atoms with E-state index in [0.717, 1.165) is 58.9 Å². The van der Waals surface area contributed by atoms with Crippen molar-refractivity contribution in [1.29, 1.82) is 0 Å². The van der Waals surface area contributed by atoms with Crippen molar-refractivity contribution in [2.45, 2.75) is 41.0 Å². The lowest BCUT2D eigenvalue weighted by Crippen LogP contribution is -2.16. The van der Waals surface area contributed by atoms with E-state index in [-0.39, 0.29) is 39.3 Å². The molecule has 14 nitrogen and oxygen atoms in total. The molecule has 1 N–H and O–H groups in total. The number of carboxylic acids is 1. The molecule has 3 rings (SSSR count). The maximum Gasteiger partial charge on any atom is 0.308 e. The highest BCUT2D eigenvalue weighted by Crippen LogP contribution is 2.42. The van der Waals surface area contributed by atoms with Gasteiger partial charge in [0.1, 0.15) is 22.5 Å². The van der Waals surface area contributed by atoms with Crippen LogP contribution in [0.1, 0.15) is 40.2 Å². The lowest BCUT2D eigenvalue weighted by molar-refractivity contribution is -0.137. The molecule has 1 aromatic heterocycles. The zero-order valence-corrected chi connectivity index (χ0v) is 22.3. The number of carbonyl (C=O) groups excluding carboxylic acids is 5. The minimum Gasteiger partial charge on any atom is -0.481 e. The number of rotatable bonds is 8. The van der Waals surface area contributed by atoms with Gasteiger partial charge >= 0.3 is 35.8 Å². The molecule has 41 heavy (non-hydrogen) atoms. The number of benzene rings is 2. The van der Waals surface area contributed by atoms with Crippen LogP contribution in [0, 0.1) is 0 Å². The van der Waals surface area contributed by atoms with Gasteiger partial charge in [0.25, 0.3) is 0 Å². The van der Waals surface area contributed by atoms with Crippen molar-refractivity contribution >= 4 is 46.8 Å². The fraction of sp³-hybridized carbons (Fsp3) is 0.222. The SMILES string of the molecule is CC(=O)Oc1cc(OC(C)=O)c2c(=O)c(OC(C)=O)c(-c3cc(CC(=O)O)c(OC(C)=O)c(OC(C)=O)c3)oc2c1. The molecule has 214 valence electrons. The maximum absolute atomic E-state index is 13.6. The quantitative estimate of drug-likeness (QED) is 0.306. The highest BCUT2D eigenvalue weighted by molar-refractivity contribution is 5.92. The molecule has 0 radical (unpaired) electrons. The Bertz CT molecular complexity index is 1640. The summed E-state index contributed by atoms with van der Waals surface area (Å²) < 4.78 is 31.5. The summed E-state index contributed by atoms with van der Waals surface area (Å²) in [6, 6.07) is 4.45. The zero-order valence-electron chi connectivity index (χ0n) is 22.3. The van der Waals surface area contributed by atoms with Crippen molar-refractivity contribution in [2.24, 2.45) is 0 Å². The molecular formula is C27H22O14. The molecule has 0 saturated carbocycles. The summed E-state index contributed by atoms with van der Waals surface area (Å²) in [5.41, 5.74) is -1.61. The fourth-order valence-corrected chi connectivity index (χ4v) is 3.71. The number of hydrogen-bond donors (Lipinski definition) is 1. The van der Waals surface area contributed by atoms with Crippen molar-refractivity contribution in [1.82, 2.24) is 0 Å². The molecule has 0 atom stereocenters. The van der Waals surface area contributed by atoms with Gasteiger partial charge in [0.15, 0.2) is 17.3 Å². The van der Waals surface area contributed by atoms with Crippen molar-refractivity contribution in [3.63, 3.8) is 0 Å². The molecule has 3 aromatic rings. The van der Waals surface area contributed by atoms with Crippen LogP contribution in [-0.2, 0) is 35.2 Å². The zero-order chi connectivity index (χ0) is 30.6. The summed E-state index contributed by atoms with van der Waals surface area (Å²) >= 11 is 0. The van der Waals surface area contributed by atoms with E-state index in [2.05, 4.69) is 0 Å². The van der Waals surface area contributed by atoms with Crippen LogP contribution in [0.5, 0.6) is 28.7 Å². The first-order chi connectivity index (χ1) is 19.2. The van der Waals surface area contributed by atoms with E-state index in [1.54, 1.807) is 0 Å². The van der Waals surface area contributed by atoms with Crippen LogP contribution >= 0.6 is 0 Å². The average Bonchev–Trinajstić information content (AvgIpc) is 2.80. The average molecular weight is 570 g/mol. The Labute approximate surface area is 230 Å². The van der Waals surface area contributed by atoms with Gasteiger partial charge in [-0.05, 0) is 12.1 Å². The van der Waals surface area contributed by atoms with E-state index in [1.165, 1.54) is 0 Å². The Hall–Kier alpha value is -5.53. The summed E-state index contributed by atoms with van der Waals surface area (Å²) in [4.78, 5) is 84.1. The van der Waals surface area contributed by atoms with Gasteiger partial charge in [-0.25, -0.2) is 0 Å². The van der Waals surface area contributed by atoms with E-state index in [1.807, 2.05) is 0 Å². The standard InChI is InChI=1S/C27H22O14/c1-11(28)36-18-9-19(37-12(2)29)23-20(10-18)41-26(27(24(23)35)40-15(5)32)16-6-17(8-22(33)34)25(39-14(4)31)21(7-16)38-13(3)30/h6-7,9-10H,8H2,1-5H3,(H,33,34). The highest BCUT2D eigenvalue weighted by Gasteiger charge is 2.27. The molecule has 0 spiro atoms. The molecule has 0 amide bonds. The van der Waals surface area contributed by atoms with Gasteiger partial charge in [-0.15, -0.1) is 0 Å². The Morgan fingerprint density at radius 3 is 1.76 bits per heavy atom. The first-order valence-electron chi connectivity index (χ1n) is 11.6. The smallest absolute Gasteiger partial charge is 0.308 e. The second kappa shape index (κ2) is 12.1. The number of hydrogen-bond acceptors (Lipinski definition) is 13. The van der Waals surface area contributed by atoms with Gasteiger partial charge < -0.3 is 33.2 Å². The predicted octanol–water partition coefficient (Wildman–Crippen LogP) is 2.71. The summed E-state index contributed by atoms with van der Waals surface area (Å²) in [7, 11) is 0. The second-order valence-corrected chi connectivity index (χ2v) is 8.39. The number of esters is 5. The Morgan fingerprint density at radius 1 is 0.683 bits per heavy atom. The summed E-state index contributed by atoms with van der Waals surface area (Å²) in [5.74, 6) is -8.12. The van der Waals surface area contributed by atoms with Crippen molar-refractivity contribution in [3.8, 4) is 40.1 Å². The van der Waals surface area contributed by atoms with Crippen molar-refractivity contribution in [3.05, 3.63) is 40.1 Å². The predicted molar refractivity (Wildman–Crippen MR) is 136 cm³/mol. The lowest BCUT2D eigenvalue weighted by atomic mass is 10.0. The highest BCUT2D eigenvalue weighted by atomic mass is 16.6. The summed E-state index contributed by atoms with van der Waals surface area (Å²) in [6.45, 7) is 5.23. The van der Waals surface area contributed by atoms with Gasteiger partial charge in [0, 0.05) is 57.9 Å². The molecule has 0 bridgehead atoms. The molecule has 0 fully saturated rings. The van der Waals surface area contributed by atoms with Crippen LogP contribution in [0.4, 0.5) is 0 Å². The van der Waals surface area contributed by atoms with E-state index in [4.69, 9.17) is 28.1 Å². The number of fused-ring (bicyclic) bond motifs is 1. The molecule has 0 saturated heterocycles. The van der Waals surface area contributed by atoms with Crippen LogP contribution in [0.2, 0.25) is 0 Å². The maximum atomic E-state index is 13.6. The third-order valence-corrected chi connectivity index (χ3v) is 4.89. The van der Waals surface area contributed by atoms with Gasteiger partial charge in [-0.1, -0.05) is 0 Å². The third-order valence-electron chi connectivity index (χ3n) is 4.89. The minimum atomic E-state index is -1.36. The normalized spacial score (nSPS) is 10.5. The Morgan fingerprint density at radius 2 is 1.22 bits per heavy atom. The van der Waals surface area contributed by atoms with Gasteiger partial charge in [-0.2, -0.15) is 0 Å². The molecule has 14 heteroatoms. The van der Waals surface area contributed by atoms with Crippen LogP contribution in [0.25, 0.3) is 22.3 Å². The van der Waals surface area contributed by atoms with E-state index < -0.39 is 64.9 Å². The van der Waals surface area contributed by atoms with Crippen LogP contribution < -0.4 is 29.1 Å². The van der Waals surface area contributed by atoms with Gasteiger partial charge in [0.05, 0.1) is 6.42 Å². The molecule has 0 aliphatic heterocycles. The number of ether oxygens (including phenoxy) is 5.